The van der Waals surface area contributed by atoms with Crippen LogP contribution in [0.5, 0.6) is 0 Å². The molecule has 2 N–H and O–H groups in total. The fourth-order valence-electron chi connectivity index (χ4n) is 2.89. The topological polar surface area (TPSA) is 53.1 Å². The summed E-state index contributed by atoms with van der Waals surface area (Å²) < 4.78 is 0. The minimum atomic E-state index is 0.447. The third-order valence-electron chi connectivity index (χ3n) is 4.12. The van der Waals surface area contributed by atoms with Gasteiger partial charge in [-0.2, -0.15) is 4.98 Å². The van der Waals surface area contributed by atoms with Crippen molar-refractivity contribution < 1.29 is 0 Å². The number of hydrogen-bond donors (Lipinski definition) is 2. The second-order valence-corrected chi connectivity index (χ2v) is 6.09. The monoisotopic (exact) mass is 321 g/mol. The van der Waals surface area contributed by atoms with Gasteiger partial charge in [0, 0.05) is 24.0 Å². The molecule has 1 aliphatic rings. The molecule has 1 aromatic carbocycles. The van der Waals surface area contributed by atoms with E-state index in [2.05, 4.69) is 49.6 Å². The Morgan fingerprint density at radius 1 is 1.29 bits per heavy atom. The molecule has 1 saturated heterocycles. The zero-order valence-electron chi connectivity index (χ0n) is 14.0. The zero-order valence-corrected chi connectivity index (χ0v) is 14.0. The molecule has 2 heterocycles. The third kappa shape index (κ3) is 4.24. The van der Waals surface area contributed by atoms with Crippen LogP contribution < -0.4 is 10.6 Å². The van der Waals surface area contributed by atoms with E-state index in [1.807, 2.05) is 13.0 Å². The van der Waals surface area contributed by atoms with Crippen molar-refractivity contribution in [2.24, 2.45) is 0 Å². The highest BCUT2D eigenvalue weighted by Gasteiger charge is 2.12. The van der Waals surface area contributed by atoms with E-state index in [1.54, 1.807) is 6.20 Å². The number of anilines is 3. The molecule has 2 aromatic rings. The SMILES string of the molecule is C#CCNc1nc(Nc2cccc(CN3CCCC3)c2)ncc1C. The van der Waals surface area contributed by atoms with Gasteiger partial charge in [-0.15, -0.1) is 6.42 Å². The predicted molar refractivity (Wildman–Crippen MR) is 98.3 cm³/mol. The lowest BCUT2D eigenvalue weighted by atomic mass is 10.2. The van der Waals surface area contributed by atoms with Crippen LogP contribution in [0.4, 0.5) is 17.5 Å². The Kier molecular flexibility index (Phi) is 5.29. The Hall–Kier alpha value is -2.58. The number of hydrogen-bond acceptors (Lipinski definition) is 5. The molecule has 5 heteroatoms. The summed E-state index contributed by atoms with van der Waals surface area (Å²) in [5.41, 5.74) is 3.27. The molecule has 0 spiro atoms. The van der Waals surface area contributed by atoms with Gasteiger partial charge in [-0.3, -0.25) is 4.90 Å². The summed E-state index contributed by atoms with van der Waals surface area (Å²) in [5, 5.41) is 6.40. The van der Waals surface area contributed by atoms with Gasteiger partial charge in [0.1, 0.15) is 5.82 Å². The van der Waals surface area contributed by atoms with E-state index in [4.69, 9.17) is 6.42 Å². The van der Waals surface area contributed by atoms with E-state index in [-0.39, 0.29) is 0 Å². The van der Waals surface area contributed by atoms with Crippen molar-refractivity contribution in [2.75, 3.05) is 30.3 Å². The van der Waals surface area contributed by atoms with E-state index in [0.717, 1.165) is 23.6 Å². The third-order valence-corrected chi connectivity index (χ3v) is 4.12. The van der Waals surface area contributed by atoms with Crippen LogP contribution in [0.3, 0.4) is 0 Å². The standard InChI is InChI=1S/C19H23N5/c1-3-9-20-18-15(2)13-21-19(23-18)22-17-8-6-7-16(12-17)14-24-10-4-5-11-24/h1,6-8,12-13H,4-5,9-11,14H2,2H3,(H2,20,21,22,23). The second kappa shape index (κ2) is 7.80. The summed E-state index contributed by atoms with van der Waals surface area (Å²) in [5.74, 6) is 3.89. The van der Waals surface area contributed by atoms with Gasteiger partial charge in [0.25, 0.3) is 0 Å². The van der Waals surface area contributed by atoms with Gasteiger partial charge in [0.15, 0.2) is 0 Å². The van der Waals surface area contributed by atoms with Crippen molar-refractivity contribution in [3.8, 4) is 12.3 Å². The van der Waals surface area contributed by atoms with Crippen LogP contribution in [-0.2, 0) is 6.54 Å². The molecule has 0 unspecified atom stereocenters. The first-order valence-electron chi connectivity index (χ1n) is 8.34. The molecule has 3 rings (SSSR count). The maximum atomic E-state index is 5.30. The summed E-state index contributed by atoms with van der Waals surface area (Å²) in [4.78, 5) is 11.3. The molecule has 124 valence electrons. The smallest absolute Gasteiger partial charge is 0.229 e. The molecular weight excluding hydrogens is 298 g/mol. The van der Waals surface area contributed by atoms with Gasteiger partial charge >= 0.3 is 0 Å². The van der Waals surface area contributed by atoms with Crippen molar-refractivity contribution in [2.45, 2.75) is 26.3 Å². The summed E-state index contributed by atoms with van der Waals surface area (Å²) in [6.07, 6.45) is 9.71. The quantitative estimate of drug-likeness (QED) is 0.801. The van der Waals surface area contributed by atoms with Gasteiger partial charge in [-0.25, -0.2) is 4.98 Å². The molecule has 5 nitrogen and oxygen atoms in total. The Morgan fingerprint density at radius 3 is 2.92 bits per heavy atom. The van der Waals surface area contributed by atoms with Gasteiger partial charge in [-0.05, 0) is 50.6 Å². The molecule has 0 saturated carbocycles. The van der Waals surface area contributed by atoms with Crippen molar-refractivity contribution in [3.05, 3.63) is 41.6 Å². The van der Waals surface area contributed by atoms with Gasteiger partial charge in [-0.1, -0.05) is 18.1 Å². The maximum Gasteiger partial charge on any atom is 0.229 e. The van der Waals surface area contributed by atoms with Crippen LogP contribution in [0.15, 0.2) is 30.5 Å². The van der Waals surface area contributed by atoms with Crippen molar-refractivity contribution in [1.82, 2.24) is 14.9 Å². The Bertz CT molecular complexity index is 729. The molecule has 1 aromatic heterocycles. The summed E-state index contributed by atoms with van der Waals surface area (Å²) in [6.45, 7) is 5.80. The number of aromatic nitrogens is 2. The summed E-state index contributed by atoms with van der Waals surface area (Å²) >= 11 is 0. The minimum absolute atomic E-state index is 0.447. The van der Waals surface area contributed by atoms with Crippen LogP contribution in [0.1, 0.15) is 24.0 Å². The molecule has 0 aliphatic carbocycles. The van der Waals surface area contributed by atoms with E-state index in [1.165, 1.54) is 31.5 Å². The average molecular weight is 321 g/mol. The first kappa shape index (κ1) is 16.3. The Labute approximate surface area is 143 Å². The van der Waals surface area contributed by atoms with Gasteiger partial charge in [0.2, 0.25) is 5.95 Å². The lowest BCUT2D eigenvalue weighted by molar-refractivity contribution is 0.331. The highest BCUT2D eigenvalue weighted by molar-refractivity contribution is 5.57. The number of nitrogens with zero attached hydrogens (tertiary/aromatic N) is 3. The van der Waals surface area contributed by atoms with E-state index in [0.29, 0.717) is 12.5 Å². The maximum absolute atomic E-state index is 5.30. The summed E-state index contributed by atoms with van der Waals surface area (Å²) in [7, 11) is 0. The number of terminal acetylenes is 1. The molecular formula is C19H23N5. The molecule has 1 aliphatic heterocycles. The van der Waals surface area contributed by atoms with Crippen LogP contribution >= 0.6 is 0 Å². The van der Waals surface area contributed by atoms with Crippen LogP contribution in [0, 0.1) is 19.3 Å². The zero-order chi connectivity index (χ0) is 16.8. The Morgan fingerprint density at radius 2 is 2.12 bits per heavy atom. The van der Waals surface area contributed by atoms with Crippen molar-refractivity contribution in [1.29, 1.82) is 0 Å². The highest BCUT2D eigenvalue weighted by Crippen LogP contribution is 2.19. The summed E-state index contributed by atoms with van der Waals surface area (Å²) in [6, 6.07) is 8.43. The van der Waals surface area contributed by atoms with E-state index < -0.39 is 0 Å². The van der Waals surface area contributed by atoms with Gasteiger partial charge in [0.05, 0.1) is 6.54 Å². The number of aryl methyl sites for hydroxylation is 1. The fraction of sp³-hybridized carbons (Fsp3) is 0.368. The minimum Gasteiger partial charge on any atom is -0.359 e. The molecule has 1 fully saturated rings. The molecule has 0 bridgehead atoms. The lowest BCUT2D eigenvalue weighted by Gasteiger charge is -2.15. The Balaban J connectivity index is 1.70. The normalized spacial score (nSPS) is 14.3. The number of likely N-dealkylation sites (tertiary alicyclic amines) is 1. The molecule has 0 atom stereocenters. The van der Waals surface area contributed by atoms with Crippen molar-refractivity contribution >= 4 is 17.5 Å². The second-order valence-electron chi connectivity index (χ2n) is 6.09. The van der Waals surface area contributed by atoms with Crippen molar-refractivity contribution in [3.63, 3.8) is 0 Å². The first-order chi connectivity index (χ1) is 11.7. The highest BCUT2D eigenvalue weighted by atomic mass is 15.1. The number of rotatable bonds is 6. The molecule has 0 amide bonds. The van der Waals surface area contributed by atoms with Gasteiger partial charge < -0.3 is 10.6 Å². The van der Waals surface area contributed by atoms with Crippen LogP contribution in [0.25, 0.3) is 0 Å². The molecule has 24 heavy (non-hydrogen) atoms. The fourth-order valence-corrected chi connectivity index (χ4v) is 2.89. The first-order valence-corrected chi connectivity index (χ1v) is 8.34. The van der Waals surface area contributed by atoms with E-state index >= 15 is 0 Å². The number of nitrogens with one attached hydrogen (secondary N) is 2. The van der Waals surface area contributed by atoms with E-state index in [9.17, 15) is 0 Å². The van der Waals surface area contributed by atoms with Crippen LogP contribution in [0.2, 0.25) is 0 Å². The molecule has 0 radical (unpaired) electrons. The number of benzene rings is 1. The average Bonchev–Trinajstić information content (AvgIpc) is 3.09. The largest absolute Gasteiger partial charge is 0.359 e. The lowest BCUT2D eigenvalue weighted by Crippen LogP contribution is -2.18. The predicted octanol–water partition coefficient (Wildman–Crippen LogP) is 3.17. The van der Waals surface area contributed by atoms with Crippen LogP contribution in [-0.4, -0.2) is 34.5 Å².